The molecule has 0 atom stereocenters. The van der Waals surface area contributed by atoms with E-state index in [9.17, 15) is 17.6 Å². The van der Waals surface area contributed by atoms with Gasteiger partial charge in [-0.3, -0.25) is 4.79 Å². The molecule has 0 aliphatic heterocycles. The molecule has 0 saturated heterocycles. The van der Waals surface area contributed by atoms with Gasteiger partial charge in [0.15, 0.2) is 5.01 Å². The van der Waals surface area contributed by atoms with Gasteiger partial charge in [0.1, 0.15) is 5.82 Å². The van der Waals surface area contributed by atoms with Crippen LogP contribution >= 0.6 is 27.3 Å². The maximum absolute atomic E-state index is 13.4. The predicted octanol–water partition coefficient (Wildman–Crippen LogP) is 5.26. The van der Waals surface area contributed by atoms with Crippen molar-refractivity contribution in [1.82, 2.24) is 4.98 Å². The zero-order chi connectivity index (χ0) is 22.2. The first-order chi connectivity index (χ1) is 14.7. The number of hydrogen-bond donors (Lipinski definition) is 1. The van der Waals surface area contributed by atoms with Crippen molar-refractivity contribution in [2.24, 2.45) is 5.14 Å². The van der Waals surface area contributed by atoms with Crippen molar-refractivity contribution < 1.29 is 17.6 Å². The molecule has 9 heteroatoms. The highest BCUT2D eigenvalue weighted by atomic mass is 79.9. The summed E-state index contributed by atoms with van der Waals surface area (Å²) in [5.74, 6) is -0.627. The van der Waals surface area contributed by atoms with E-state index in [1.165, 1.54) is 35.6 Å². The van der Waals surface area contributed by atoms with Crippen molar-refractivity contribution >= 4 is 43.1 Å². The molecule has 0 radical (unpaired) electrons. The predicted molar refractivity (Wildman–Crippen MR) is 122 cm³/mol. The van der Waals surface area contributed by atoms with E-state index in [1.807, 2.05) is 0 Å². The Bertz CT molecular complexity index is 1370. The van der Waals surface area contributed by atoms with Gasteiger partial charge in [0.2, 0.25) is 15.8 Å². The summed E-state index contributed by atoms with van der Waals surface area (Å²) in [6, 6.07) is 18.8. The van der Waals surface area contributed by atoms with Gasteiger partial charge in [0.25, 0.3) is 0 Å². The normalized spacial score (nSPS) is 11.5. The number of aromatic nitrogens is 1. The maximum atomic E-state index is 13.4. The van der Waals surface area contributed by atoms with Crippen molar-refractivity contribution in [3.63, 3.8) is 0 Å². The summed E-state index contributed by atoms with van der Waals surface area (Å²) >= 11 is 4.53. The number of carbonyl (C=O) groups is 1. The van der Waals surface area contributed by atoms with Crippen molar-refractivity contribution in [2.45, 2.75) is 4.90 Å². The molecule has 0 aliphatic carbocycles. The molecule has 0 saturated carbocycles. The lowest BCUT2D eigenvalue weighted by Gasteiger charge is -2.04. The van der Waals surface area contributed by atoms with E-state index >= 15 is 0 Å². The largest absolute Gasteiger partial charge is 0.286 e. The number of primary sulfonamides is 1. The van der Waals surface area contributed by atoms with Crippen molar-refractivity contribution in [1.29, 1.82) is 0 Å². The zero-order valence-electron chi connectivity index (χ0n) is 15.7. The third-order valence-electron chi connectivity index (χ3n) is 4.49. The second-order valence-electron chi connectivity index (χ2n) is 6.61. The van der Waals surface area contributed by atoms with Crippen LogP contribution in [-0.4, -0.2) is 19.2 Å². The monoisotopic (exact) mass is 516 g/mol. The molecule has 3 aromatic carbocycles. The SMILES string of the molecule is NS(=O)(=O)c1ccc(-c2sc(C(=O)c3ccc(Br)cc3)nc2-c2ccc(F)cc2)cc1. The lowest BCUT2D eigenvalue weighted by molar-refractivity contribution is 0.103. The van der Waals surface area contributed by atoms with E-state index in [2.05, 4.69) is 20.9 Å². The fourth-order valence-corrected chi connectivity index (χ4v) is 4.77. The number of nitrogens with zero attached hydrogens (tertiary/aromatic N) is 1. The molecule has 5 nitrogen and oxygen atoms in total. The van der Waals surface area contributed by atoms with Crippen LogP contribution in [0.4, 0.5) is 4.39 Å². The second-order valence-corrected chi connectivity index (χ2v) is 10.1. The molecule has 0 spiro atoms. The van der Waals surface area contributed by atoms with E-state index in [-0.39, 0.29) is 21.5 Å². The van der Waals surface area contributed by atoms with E-state index in [1.54, 1.807) is 48.5 Å². The number of thiazole rings is 1. The summed E-state index contributed by atoms with van der Waals surface area (Å²) in [6.45, 7) is 0. The van der Waals surface area contributed by atoms with Gasteiger partial charge in [-0.2, -0.15) is 0 Å². The first-order valence-electron chi connectivity index (χ1n) is 8.92. The molecule has 4 aromatic rings. The molecular formula is C22H14BrFN2O3S2. The van der Waals surface area contributed by atoms with Crippen LogP contribution < -0.4 is 5.14 Å². The molecule has 0 aliphatic rings. The van der Waals surface area contributed by atoms with Crippen LogP contribution in [0.3, 0.4) is 0 Å². The number of sulfonamides is 1. The molecule has 1 heterocycles. The minimum Gasteiger partial charge on any atom is -0.286 e. The lowest BCUT2D eigenvalue weighted by atomic mass is 10.1. The Hall–Kier alpha value is -2.72. The van der Waals surface area contributed by atoms with Gasteiger partial charge in [-0.25, -0.2) is 22.9 Å². The quantitative estimate of drug-likeness (QED) is 0.366. The van der Waals surface area contributed by atoms with E-state index in [0.29, 0.717) is 27.3 Å². The van der Waals surface area contributed by atoms with Gasteiger partial charge in [0.05, 0.1) is 15.5 Å². The summed E-state index contributed by atoms with van der Waals surface area (Å²) in [5.41, 5.74) is 2.30. The van der Waals surface area contributed by atoms with Crippen LogP contribution in [0, 0.1) is 5.82 Å². The molecule has 4 rings (SSSR count). The Morgan fingerprint density at radius 3 is 2.06 bits per heavy atom. The van der Waals surface area contributed by atoms with Gasteiger partial charge in [-0.15, -0.1) is 11.3 Å². The van der Waals surface area contributed by atoms with Crippen LogP contribution in [0.25, 0.3) is 21.7 Å². The van der Waals surface area contributed by atoms with Crippen LogP contribution in [0.5, 0.6) is 0 Å². The standard InChI is InChI=1S/C22H14BrFN2O3S2/c23-16-7-1-14(2-8-16)20(27)22-26-19(13-3-9-17(24)10-4-13)21(30-22)15-5-11-18(12-6-15)31(25,28)29/h1-12H,(H2,25,28,29). The molecule has 31 heavy (non-hydrogen) atoms. The number of ketones is 1. The van der Waals surface area contributed by atoms with Crippen LogP contribution in [-0.2, 0) is 10.0 Å². The Morgan fingerprint density at radius 2 is 1.48 bits per heavy atom. The number of halogens is 2. The number of benzene rings is 3. The summed E-state index contributed by atoms with van der Waals surface area (Å²) in [4.78, 5) is 18.2. The Morgan fingerprint density at radius 1 is 0.903 bits per heavy atom. The fourth-order valence-electron chi connectivity index (χ4n) is 2.94. The van der Waals surface area contributed by atoms with Crippen molar-refractivity contribution in [2.75, 3.05) is 0 Å². The van der Waals surface area contributed by atoms with Crippen LogP contribution in [0.2, 0.25) is 0 Å². The minimum absolute atomic E-state index is 0.0183. The van der Waals surface area contributed by atoms with Crippen LogP contribution in [0.15, 0.2) is 82.2 Å². The Balaban J connectivity index is 1.83. The van der Waals surface area contributed by atoms with Gasteiger partial charge < -0.3 is 0 Å². The molecule has 2 N–H and O–H groups in total. The number of carbonyl (C=O) groups excluding carboxylic acids is 1. The third-order valence-corrected chi connectivity index (χ3v) is 7.05. The summed E-state index contributed by atoms with van der Waals surface area (Å²) in [5, 5.41) is 5.45. The van der Waals surface area contributed by atoms with Gasteiger partial charge in [-0.05, 0) is 66.2 Å². The smallest absolute Gasteiger partial charge is 0.238 e. The maximum Gasteiger partial charge on any atom is 0.238 e. The molecule has 1 aromatic heterocycles. The summed E-state index contributed by atoms with van der Waals surface area (Å²) < 4.78 is 37.4. The number of nitrogens with two attached hydrogens (primary N) is 1. The van der Waals surface area contributed by atoms with E-state index < -0.39 is 10.0 Å². The van der Waals surface area contributed by atoms with Crippen molar-refractivity contribution in [3.05, 3.63) is 93.7 Å². The Kier molecular flexibility index (Phi) is 5.85. The average molecular weight is 517 g/mol. The molecule has 0 fully saturated rings. The van der Waals surface area contributed by atoms with Crippen LogP contribution in [0.1, 0.15) is 15.4 Å². The van der Waals surface area contributed by atoms with E-state index in [0.717, 1.165) is 4.47 Å². The van der Waals surface area contributed by atoms with E-state index in [4.69, 9.17) is 5.14 Å². The average Bonchev–Trinajstić information content (AvgIpc) is 3.19. The fraction of sp³-hybridized carbons (Fsp3) is 0. The third kappa shape index (κ3) is 4.64. The molecular weight excluding hydrogens is 503 g/mol. The minimum atomic E-state index is -3.83. The van der Waals surface area contributed by atoms with Crippen molar-refractivity contribution in [3.8, 4) is 21.7 Å². The molecule has 156 valence electrons. The van der Waals surface area contributed by atoms with Gasteiger partial charge >= 0.3 is 0 Å². The summed E-state index contributed by atoms with van der Waals surface area (Å²) in [7, 11) is -3.83. The number of rotatable bonds is 5. The Labute approximate surface area is 190 Å². The van der Waals surface area contributed by atoms with Gasteiger partial charge in [-0.1, -0.05) is 28.1 Å². The zero-order valence-corrected chi connectivity index (χ0v) is 19.0. The molecule has 0 unspecified atom stereocenters. The second kappa shape index (κ2) is 8.43. The van der Waals surface area contributed by atoms with Gasteiger partial charge in [0, 0.05) is 15.6 Å². The highest BCUT2D eigenvalue weighted by molar-refractivity contribution is 9.10. The topological polar surface area (TPSA) is 90.1 Å². The number of hydrogen-bond acceptors (Lipinski definition) is 5. The first-order valence-corrected chi connectivity index (χ1v) is 12.1. The summed E-state index contributed by atoms with van der Waals surface area (Å²) in [6.07, 6.45) is 0. The first kappa shape index (κ1) is 21.5. The highest BCUT2D eigenvalue weighted by Crippen LogP contribution is 2.38. The molecule has 0 amide bonds. The lowest BCUT2D eigenvalue weighted by Crippen LogP contribution is -2.11. The highest BCUT2D eigenvalue weighted by Gasteiger charge is 2.21. The molecule has 0 bridgehead atoms.